The molecular weight excluding hydrogens is 414 g/mol. The lowest BCUT2D eigenvalue weighted by atomic mass is 10.1. The Bertz CT molecular complexity index is 1040. The number of ether oxygens (including phenoxy) is 1. The SMILES string of the molecule is COc1ccc(N2CCN(S(=O)(=O)c3ccc(C)c(C(=O)N4CCCC4)c3)CC2)cc1. The summed E-state index contributed by atoms with van der Waals surface area (Å²) in [5.41, 5.74) is 2.34. The molecule has 1 amide bonds. The molecular formula is C23H29N3O4S. The Hall–Kier alpha value is -2.58. The van der Waals surface area contributed by atoms with Gasteiger partial charge in [-0.05, 0) is 61.7 Å². The third kappa shape index (κ3) is 4.41. The maximum absolute atomic E-state index is 13.3. The van der Waals surface area contributed by atoms with Gasteiger partial charge in [-0.1, -0.05) is 6.07 Å². The van der Waals surface area contributed by atoms with E-state index in [1.165, 1.54) is 4.31 Å². The Morgan fingerprint density at radius 2 is 1.55 bits per heavy atom. The highest BCUT2D eigenvalue weighted by Crippen LogP contribution is 2.25. The van der Waals surface area contributed by atoms with Crippen molar-refractivity contribution in [2.24, 2.45) is 0 Å². The van der Waals surface area contributed by atoms with Gasteiger partial charge in [0.2, 0.25) is 10.0 Å². The van der Waals surface area contributed by atoms with Gasteiger partial charge in [0, 0.05) is 50.5 Å². The second-order valence-electron chi connectivity index (χ2n) is 8.07. The fourth-order valence-electron chi connectivity index (χ4n) is 4.21. The topological polar surface area (TPSA) is 70.2 Å². The van der Waals surface area contributed by atoms with Gasteiger partial charge in [-0.25, -0.2) is 8.42 Å². The van der Waals surface area contributed by atoms with Crippen molar-refractivity contribution >= 4 is 21.6 Å². The number of likely N-dealkylation sites (tertiary alicyclic amines) is 1. The number of anilines is 1. The zero-order valence-electron chi connectivity index (χ0n) is 18.1. The van der Waals surface area contributed by atoms with Gasteiger partial charge in [0.15, 0.2) is 0 Å². The largest absolute Gasteiger partial charge is 0.497 e. The summed E-state index contributed by atoms with van der Waals surface area (Å²) in [5.74, 6) is 0.722. The van der Waals surface area contributed by atoms with Crippen molar-refractivity contribution in [1.82, 2.24) is 9.21 Å². The van der Waals surface area contributed by atoms with Gasteiger partial charge in [0.05, 0.1) is 12.0 Å². The predicted octanol–water partition coefficient (Wildman–Crippen LogP) is 2.75. The summed E-state index contributed by atoms with van der Waals surface area (Å²) >= 11 is 0. The van der Waals surface area contributed by atoms with Crippen molar-refractivity contribution in [3.8, 4) is 5.75 Å². The molecule has 166 valence electrons. The molecule has 2 aromatic rings. The lowest BCUT2D eigenvalue weighted by Crippen LogP contribution is -2.48. The summed E-state index contributed by atoms with van der Waals surface area (Å²) in [5, 5.41) is 0. The lowest BCUT2D eigenvalue weighted by Gasteiger charge is -2.35. The van der Waals surface area contributed by atoms with Gasteiger partial charge in [0.1, 0.15) is 5.75 Å². The van der Waals surface area contributed by atoms with E-state index in [1.807, 2.05) is 36.1 Å². The van der Waals surface area contributed by atoms with Crippen molar-refractivity contribution in [3.63, 3.8) is 0 Å². The molecule has 0 saturated carbocycles. The number of methoxy groups -OCH3 is 1. The minimum Gasteiger partial charge on any atom is -0.497 e. The smallest absolute Gasteiger partial charge is 0.254 e. The van der Waals surface area contributed by atoms with Crippen LogP contribution in [-0.4, -0.2) is 69.9 Å². The first-order valence-electron chi connectivity index (χ1n) is 10.7. The molecule has 0 unspecified atom stereocenters. The molecule has 2 heterocycles. The third-order valence-corrected chi connectivity index (χ3v) is 8.04. The summed E-state index contributed by atoms with van der Waals surface area (Å²) < 4.78 is 33.3. The fraction of sp³-hybridized carbons (Fsp3) is 0.435. The summed E-state index contributed by atoms with van der Waals surface area (Å²) in [6.07, 6.45) is 2.00. The van der Waals surface area contributed by atoms with Crippen LogP contribution >= 0.6 is 0 Å². The molecule has 0 aliphatic carbocycles. The Morgan fingerprint density at radius 1 is 0.903 bits per heavy atom. The molecule has 0 atom stereocenters. The number of benzene rings is 2. The van der Waals surface area contributed by atoms with Gasteiger partial charge in [-0.2, -0.15) is 4.31 Å². The van der Waals surface area contributed by atoms with Crippen LogP contribution in [0.4, 0.5) is 5.69 Å². The molecule has 8 heteroatoms. The van der Waals surface area contributed by atoms with E-state index in [9.17, 15) is 13.2 Å². The van der Waals surface area contributed by atoms with Crippen LogP contribution < -0.4 is 9.64 Å². The van der Waals surface area contributed by atoms with Crippen LogP contribution in [0.15, 0.2) is 47.4 Å². The van der Waals surface area contributed by atoms with E-state index in [1.54, 1.807) is 25.3 Å². The molecule has 0 radical (unpaired) electrons. The van der Waals surface area contributed by atoms with Gasteiger partial charge in [-0.3, -0.25) is 4.79 Å². The molecule has 4 rings (SSSR count). The number of hydrogen-bond donors (Lipinski definition) is 0. The molecule has 0 N–H and O–H groups in total. The van der Waals surface area contributed by atoms with Gasteiger partial charge >= 0.3 is 0 Å². The predicted molar refractivity (Wildman–Crippen MR) is 120 cm³/mol. The number of carbonyl (C=O) groups is 1. The van der Waals surface area contributed by atoms with Crippen molar-refractivity contribution in [2.75, 3.05) is 51.3 Å². The van der Waals surface area contributed by atoms with Crippen molar-refractivity contribution in [2.45, 2.75) is 24.7 Å². The number of hydrogen-bond acceptors (Lipinski definition) is 5. The van der Waals surface area contributed by atoms with Crippen LogP contribution in [-0.2, 0) is 10.0 Å². The standard InChI is InChI=1S/C23H29N3O4S/c1-18-5-10-21(17-22(18)23(27)25-11-3-4-12-25)31(28,29)26-15-13-24(14-16-26)19-6-8-20(30-2)9-7-19/h5-10,17H,3-4,11-16H2,1-2H3. The molecule has 0 bridgehead atoms. The Balaban J connectivity index is 1.48. The maximum Gasteiger partial charge on any atom is 0.254 e. The van der Waals surface area contributed by atoms with Crippen LogP contribution in [0.25, 0.3) is 0 Å². The highest BCUT2D eigenvalue weighted by Gasteiger charge is 2.30. The average Bonchev–Trinajstić information content (AvgIpc) is 3.34. The van der Waals surface area contributed by atoms with Crippen molar-refractivity contribution < 1.29 is 17.9 Å². The van der Waals surface area contributed by atoms with E-state index < -0.39 is 10.0 Å². The van der Waals surface area contributed by atoms with E-state index in [4.69, 9.17) is 4.74 Å². The molecule has 2 aromatic carbocycles. The molecule has 0 spiro atoms. The zero-order valence-corrected chi connectivity index (χ0v) is 18.9. The number of nitrogens with zero attached hydrogens (tertiary/aromatic N) is 3. The van der Waals surface area contributed by atoms with Crippen LogP contribution in [0, 0.1) is 6.92 Å². The minimum atomic E-state index is -3.66. The van der Waals surface area contributed by atoms with Crippen LogP contribution in [0.1, 0.15) is 28.8 Å². The van der Waals surface area contributed by atoms with E-state index >= 15 is 0 Å². The number of piperazine rings is 1. The van der Waals surface area contributed by atoms with E-state index in [0.717, 1.165) is 42.9 Å². The summed E-state index contributed by atoms with van der Waals surface area (Å²) in [6.45, 7) is 5.35. The van der Waals surface area contributed by atoms with E-state index in [-0.39, 0.29) is 10.8 Å². The third-order valence-electron chi connectivity index (χ3n) is 6.15. The Labute approximate surface area is 184 Å². The first-order chi connectivity index (χ1) is 14.9. The number of sulfonamides is 1. The molecule has 0 aromatic heterocycles. The zero-order chi connectivity index (χ0) is 22.0. The molecule has 7 nitrogen and oxygen atoms in total. The summed E-state index contributed by atoms with van der Waals surface area (Å²) in [7, 11) is -2.03. The monoisotopic (exact) mass is 443 g/mol. The molecule has 31 heavy (non-hydrogen) atoms. The second-order valence-corrected chi connectivity index (χ2v) is 10.0. The van der Waals surface area contributed by atoms with Gasteiger partial charge in [0.25, 0.3) is 5.91 Å². The fourth-order valence-corrected chi connectivity index (χ4v) is 5.66. The average molecular weight is 444 g/mol. The van der Waals surface area contributed by atoms with Crippen molar-refractivity contribution in [3.05, 3.63) is 53.6 Å². The molecule has 2 aliphatic heterocycles. The van der Waals surface area contributed by atoms with Crippen LogP contribution in [0.2, 0.25) is 0 Å². The normalized spacial score (nSPS) is 17.7. The molecule has 2 aliphatic rings. The Kier molecular flexibility index (Phi) is 6.20. The highest BCUT2D eigenvalue weighted by atomic mass is 32.2. The van der Waals surface area contributed by atoms with Crippen LogP contribution in [0.5, 0.6) is 5.75 Å². The first kappa shape index (κ1) is 21.6. The van der Waals surface area contributed by atoms with Gasteiger partial charge in [-0.15, -0.1) is 0 Å². The number of rotatable bonds is 5. The molecule has 2 fully saturated rings. The Morgan fingerprint density at radius 3 is 2.16 bits per heavy atom. The molecule has 2 saturated heterocycles. The number of carbonyl (C=O) groups excluding carboxylic acids is 1. The van der Waals surface area contributed by atoms with Crippen molar-refractivity contribution in [1.29, 1.82) is 0 Å². The summed E-state index contributed by atoms with van der Waals surface area (Å²) in [4.78, 5) is 17.0. The summed E-state index contributed by atoms with van der Waals surface area (Å²) in [6, 6.07) is 12.7. The quantitative estimate of drug-likeness (QED) is 0.711. The lowest BCUT2D eigenvalue weighted by molar-refractivity contribution is 0.0792. The van der Waals surface area contributed by atoms with Crippen LogP contribution in [0.3, 0.4) is 0 Å². The van der Waals surface area contributed by atoms with E-state index in [2.05, 4.69) is 4.90 Å². The minimum absolute atomic E-state index is 0.0728. The van der Waals surface area contributed by atoms with Gasteiger partial charge < -0.3 is 14.5 Å². The second kappa shape index (κ2) is 8.88. The van der Waals surface area contributed by atoms with E-state index in [0.29, 0.717) is 31.7 Å². The maximum atomic E-state index is 13.3. The number of amides is 1. The highest BCUT2D eigenvalue weighted by molar-refractivity contribution is 7.89. The first-order valence-corrected chi connectivity index (χ1v) is 12.1. The number of aryl methyl sites for hydroxylation is 1.